The first kappa shape index (κ1) is 31.0. The molecule has 53 heavy (non-hydrogen) atoms. The molecule has 2 aliphatic rings. The molecule has 4 aromatic carbocycles. The molecule has 4 aromatic heterocycles. The van der Waals surface area contributed by atoms with Gasteiger partial charge >= 0.3 is 0 Å². The normalized spacial score (nSPS) is 12.2. The quantitative estimate of drug-likeness (QED) is 0.185. The lowest BCUT2D eigenvalue weighted by atomic mass is 9.97. The van der Waals surface area contributed by atoms with Gasteiger partial charge in [-0.2, -0.15) is 0 Å². The van der Waals surface area contributed by atoms with E-state index in [4.69, 9.17) is 9.98 Å². The highest BCUT2D eigenvalue weighted by Crippen LogP contribution is 2.42. The van der Waals surface area contributed by atoms with Gasteiger partial charge in [0, 0.05) is 49.9 Å². The molecule has 4 nitrogen and oxygen atoms in total. The summed E-state index contributed by atoms with van der Waals surface area (Å²) < 4.78 is 0. The molecule has 8 bridgehead atoms. The molecule has 8 aromatic rings. The molecule has 10 rings (SSSR count). The summed E-state index contributed by atoms with van der Waals surface area (Å²) in [5.41, 5.74) is 17.3. The average Bonchev–Trinajstić information content (AvgIpc) is 4.07. The van der Waals surface area contributed by atoms with Crippen molar-refractivity contribution in [3.63, 3.8) is 0 Å². The lowest BCUT2D eigenvalue weighted by Gasteiger charge is -2.08. The number of fused-ring (bicyclic) bond motifs is 8. The molecule has 0 spiro atoms. The van der Waals surface area contributed by atoms with Gasteiger partial charge in [0.05, 0.1) is 27.7 Å². The van der Waals surface area contributed by atoms with Crippen LogP contribution >= 0.6 is 11.3 Å². The van der Waals surface area contributed by atoms with Crippen LogP contribution in [0.4, 0.5) is 5.69 Å². The number of rotatable bonds is 5. The minimum absolute atomic E-state index is 0.901. The van der Waals surface area contributed by atoms with Crippen LogP contribution in [0.25, 0.3) is 78.7 Å². The highest BCUT2D eigenvalue weighted by atomic mass is 32.1. The van der Waals surface area contributed by atoms with Crippen LogP contribution < -0.4 is 0 Å². The monoisotopic (exact) mass is 696 g/mol. The molecule has 0 saturated heterocycles. The predicted octanol–water partition coefficient (Wildman–Crippen LogP) is 13.0. The van der Waals surface area contributed by atoms with Gasteiger partial charge in [0.2, 0.25) is 0 Å². The molecule has 0 radical (unpaired) electrons. The minimum Gasteiger partial charge on any atom is -0.354 e. The topological polar surface area (TPSA) is 56.8 Å². The summed E-state index contributed by atoms with van der Waals surface area (Å²) >= 11 is 1.71. The van der Waals surface area contributed by atoms with Gasteiger partial charge in [0.15, 0.2) is 0 Å². The van der Waals surface area contributed by atoms with Crippen molar-refractivity contribution in [2.45, 2.75) is 0 Å². The summed E-state index contributed by atoms with van der Waals surface area (Å²) in [7, 11) is 0. The zero-order valence-corrected chi connectivity index (χ0v) is 29.4. The van der Waals surface area contributed by atoms with Crippen LogP contribution in [0, 0.1) is 0 Å². The fraction of sp³-hybridized carbons (Fsp3) is 0. The van der Waals surface area contributed by atoms with E-state index in [9.17, 15) is 0 Å². The molecule has 0 aliphatic carbocycles. The summed E-state index contributed by atoms with van der Waals surface area (Å²) in [6.45, 7) is 0. The van der Waals surface area contributed by atoms with Gasteiger partial charge in [0.1, 0.15) is 0 Å². The van der Waals surface area contributed by atoms with Gasteiger partial charge in [-0.1, -0.05) is 127 Å². The van der Waals surface area contributed by atoms with Crippen molar-refractivity contribution < 1.29 is 0 Å². The Morgan fingerprint density at radius 2 is 0.849 bits per heavy atom. The van der Waals surface area contributed by atoms with Crippen molar-refractivity contribution >= 4 is 57.0 Å². The fourth-order valence-electron chi connectivity index (χ4n) is 7.55. The van der Waals surface area contributed by atoms with Crippen LogP contribution in [0.15, 0.2) is 174 Å². The molecule has 0 atom stereocenters. The van der Waals surface area contributed by atoms with Gasteiger partial charge in [-0.05, 0) is 76.2 Å². The fourth-order valence-corrected chi connectivity index (χ4v) is 8.28. The average molecular weight is 697 g/mol. The number of nitrogens with zero attached hydrogens (tertiary/aromatic N) is 2. The third-order valence-corrected chi connectivity index (χ3v) is 10.8. The summed E-state index contributed by atoms with van der Waals surface area (Å²) in [6, 6.07) is 57.6. The summed E-state index contributed by atoms with van der Waals surface area (Å²) in [6.07, 6.45) is 4.29. The third-order valence-electron chi connectivity index (χ3n) is 9.90. The highest BCUT2D eigenvalue weighted by Gasteiger charge is 2.23. The molecule has 5 heteroatoms. The number of hydrogen-bond acceptors (Lipinski definition) is 3. The Labute approximate surface area is 311 Å². The van der Waals surface area contributed by atoms with Crippen molar-refractivity contribution in [3.05, 3.63) is 191 Å². The lowest BCUT2D eigenvalue weighted by molar-refractivity contribution is 1.32. The van der Waals surface area contributed by atoms with E-state index in [-0.39, 0.29) is 0 Å². The Morgan fingerprint density at radius 1 is 0.415 bits per heavy atom. The lowest BCUT2D eigenvalue weighted by Crippen LogP contribution is -1.99. The summed E-state index contributed by atoms with van der Waals surface area (Å²) in [5.74, 6) is 0. The number of aliphatic imine (C=N–C) groups is 1. The van der Waals surface area contributed by atoms with E-state index >= 15 is 0 Å². The van der Waals surface area contributed by atoms with Gasteiger partial charge in [-0.15, -0.1) is 11.3 Å². The highest BCUT2D eigenvalue weighted by molar-refractivity contribution is 7.12. The van der Waals surface area contributed by atoms with Crippen molar-refractivity contribution in [2.24, 2.45) is 4.99 Å². The summed E-state index contributed by atoms with van der Waals surface area (Å²) in [5, 5.41) is 2.12. The maximum absolute atomic E-state index is 5.52. The zero-order chi connectivity index (χ0) is 35.1. The van der Waals surface area contributed by atoms with Crippen LogP contribution in [0.2, 0.25) is 0 Å². The second-order valence-corrected chi connectivity index (χ2v) is 14.1. The smallest absolute Gasteiger partial charge is 0.0889 e. The molecular weight excluding hydrogens is 665 g/mol. The third kappa shape index (κ3) is 5.55. The van der Waals surface area contributed by atoms with Gasteiger partial charge < -0.3 is 9.97 Å². The van der Waals surface area contributed by atoms with Crippen LogP contribution in [0.1, 0.15) is 21.8 Å². The number of benzene rings is 4. The number of nitrogens with one attached hydrogen (secondary N) is 2. The molecule has 0 fully saturated rings. The second kappa shape index (κ2) is 13.1. The number of thiophene rings is 1. The molecule has 6 heterocycles. The maximum atomic E-state index is 5.52. The Balaban J connectivity index is 1.43. The van der Waals surface area contributed by atoms with Crippen molar-refractivity contribution in [1.82, 2.24) is 15.0 Å². The van der Waals surface area contributed by atoms with Crippen LogP contribution in [-0.2, 0) is 0 Å². The van der Waals surface area contributed by atoms with E-state index in [0.717, 1.165) is 99.8 Å². The Kier molecular flexibility index (Phi) is 7.63. The summed E-state index contributed by atoms with van der Waals surface area (Å²) in [4.78, 5) is 19.8. The van der Waals surface area contributed by atoms with E-state index < -0.39 is 0 Å². The molecule has 0 amide bonds. The first-order valence-electron chi connectivity index (χ1n) is 17.7. The Bertz CT molecular complexity index is 2850. The largest absolute Gasteiger partial charge is 0.354 e. The Hall–Kier alpha value is -6.82. The predicted molar refractivity (Wildman–Crippen MR) is 223 cm³/mol. The number of aromatic nitrogens is 3. The number of aromatic amines is 2. The van der Waals surface area contributed by atoms with E-state index in [1.54, 1.807) is 11.3 Å². The zero-order valence-electron chi connectivity index (χ0n) is 28.6. The van der Waals surface area contributed by atoms with Crippen molar-refractivity contribution in [1.29, 1.82) is 0 Å². The maximum Gasteiger partial charge on any atom is 0.0889 e. The van der Waals surface area contributed by atoms with Crippen molar-refractivity contribution in [3.8, 4) is 44.5 Å². The molecule has 250 valence electrons. The standard InChI is InChI=1S/C48H32N4S/c1-5-14-31(15-6-1)44-35-30-42(52-48(35)43-22-13-29-53-43)47(34-20-11-4-12-21-34)41-28-27-40(51-41)46(33-18-9-3-10-19-33)39-26-25-38(50-39)45(32-16-7-2-8-17-32)37-24-23-36(44)49-37/h1-30,49,51H. The molecule has 0 unspecified atom stereocenters. The first-order chi connectivity index (χ1) is 26.3. The van der Waals surface area contributed by atoms with Crippen molar-refractivity contribution in [2.75, 3.05) is 0 Å². The second-order valence-electron chi connectivity index (χ2n) is 13.1. The first-order valence-corrected chi connectivity index (χ1v) is 18.6. The molecule has 0 saturated carbocycles. The number of hydrogen-bond donors (Lipinski definition) is 2. The van der Waals surface area contributed by atoms with E-state index in [1.165, 1.54) is 0 Å². The van der Waals surface area contributed by atoms with Crippen LogP contribution in [0.3, 0.4) is 0 Å². The van der Waals surface area contributed by atoms with E-state index in [0.29, 0.717) is 0 Å². The van der Waals surface area contributed by atoms with E-state index in [1.807, 2.05) is 0 Å². The molecular formula is C48H32N4S. The Morgan fingerprint density at radius 3 is 1.32 bits per heavy atom. The molecule has 2 aliphatic heterocycles. The molecule has 2 N–H and O–H groups in total. The number of H-pyrrole nitrogens is 2. The van der Waals surface area contributed by atoms with Gasteiger partial charge in [-0.25, -0.2) is 9.98 Å². The van der Waals surface area contributed by atoms with E-state index in [2.05, 4.69) is 191 Å². The minimum atomic E-state index is 0.901. The van der Waals surface area contributed by atoms with Crippen LogP contribution in [-0.4, -0.2) is 20.7 Å². The van der Waals surface area contributed by atoms with Crippen LogP contribution in [0.5, 0.6) is 0 Å². The van der Waals surface area contributed by atoms with Gasteiger partial charge in [-0.3, -0.25) is 0 Å². The SMILES string of the molecule is C1=Cc2nc1c(-c1ccccc1)c1ccc([nH]1)c(-c1ccccc1)c1cc(c(-c3ccccc3)c3ccc([nH]3)c2-c2ccccc2)C(c2cccs2)=N1. The van der Waals surface area contributed by atoms with Gasteiger partial charge in [0.25, 0.3) is 0 Å².